The van der Waals surface area contributed by atoms with E-state index in [1.54, 1.807) is 6.92 Å². The van der Waals surface area contributed by atoms with Crippen LogP contribution in [0.2, 0.25) is 0 Å². The third kappa shape index (κ3) is 2.64. The number of halogens is 1. The van der Waals surface area contributed by atoms with Gasteiger partial charge in [-0.05, 0) is 56.4 Å². The molecule has 1 fully saturated rings. The molecule has 0 radical (unpaired) electrons. The maximum absolute atomic E-state index is 13.2. The average Bonchev–Trinajstić information content (AvgIpc) is 2.41. The van der Waals surface area contributed by atoms with E-state index in [-0.39, 0.29) is 11.7 Å². The molecule has 0 N–H and O–H groups in total. The predicted octanol–water partition coefficient (Wildman–Crippen LogP) is 3.65. The van der Waals surface area contributed by atoms with Crippen molar-refractivity contribution in [2.75, 3.05) is 11.9 Å². The minimum atomic E-state index is -0.152. The van der Waals surface area contributed by atoms with Gasteiger partial charge in [-0.2, -0.15) is 5.26 Å². The van der Waals surface area contributed by atoms with E-state index in [0.717, 1.165) is 31.4 Å². The van der Waals surface area contributed by atoms with Crippen molar-refractivity contribution in [3.05, 3.63) is 29.6 Å². The zero-order valence-corrected chi connectivity index (χ0v) is 11.0. The fourth-order valence-electron chi connectivity index (χ4n) is 2.65. The normalized spacial score (nSPS) is 23.4. The average molecular weight is 246 g/mol. The van der Waals surface area contributed by atoms with Crippen LogP contribution in [0.3, 0.4) is 0 Å². The summed E-state index contributed by atoms with van der Waals surface area (Å²) in [6.45, 7) is 1.79. The molecule has 1 aliphatic carbocycles. The summed E-state index contributed by atoms with van der Waals surface area (Å²) >= 11 is 0. The van der Waals surface area contributed by atoms with Crippen molar-refractivity contribution in [3.8, 4) is 6.07 Å². The van der Waals surface area contributed by atoms with Gasteiger partial charge in [-0.25, -0.2) is 4.39 Å². The highest BCUT2D eigenvalue weighted by molar-refractivity contribution is 5.49. The first kappa shape index (κ1) is 12.9. The van der Waals surface area contributed by atoms with E-state index in [0.29, 0.717) is 11.6 Å². The van der Waals surface area contributed by atoms with Gasteiger partial charge >= 0.3 is 0 Å². The van der Waals surface area contributed by atoms with Crippen LogP contribution in [0.15, 0.2) is 18.2 Å². The molecule has 0 bridgehead atoms. The SMILES string of the molecule is Cc1cc(N(C)C2CCC(C#N)CC2)ccc1F. The molecule has 2 nitrogen and oxygen atoms in total. The Balaban J connectivity index is 2.05. The van der Waals surface area contributed by atoms with Crippen molar-refractivity contribution in [1.82, 2.24) is 0 Å². The number of nitriles is 1. The van der Waals surface area contributed by atoms with E-state index in [9.17, 15) is 4.39 Å². The second-order valence-corrected chi connectivity index (χ2v) is 5.18. The maximum Gasteiger partial charge on any atom is 0.126 e. The third-order valence-electron chi connectivity index (χ3n) is 3.98. The maximum atomic E-state index is 13.2. The lowest BCUT2D eigenvalue weighted by atomic mass is 9.86. The van der Waals surface area contributed by atoms with E-state index < -0.39 is 0 Å². The lowest BCUT2D eigenvalue weighted by Crippen LogP contribution is -2.35. The molecule has 1 aromatic rings. The number of benzene rings is 1. The Bertz CT molecular complexity index is 456. The van der Waals surface area contributed by atoms with Gasteiger partial charge in [0.05, 0.1) is 6.07 Å². The molecule has 0 unspecified atom stereocenters. The highest BCUT2D eigenvalue weighted by Crippen LogP contribution is 2.29. The highest BCUT2D eigenvalue weighted by Gasteiger charge is 2.24. The van der Waals surface area contributed by atoms with Crippen molar-refractivity contribution in [3.63, 3.8) is 0 Å². The fraction of sp³-hybridized carbons (Fsp3) is 0.533. The second kappa shape index (κ2) is 5.39. The Morgan fingerprint density at radius 1 is 1.28 bits per heavy atom. The molecule has 0 aliphatic heterocycles. The van der Waals surface area contributed by atoms with Crippen LogP contribution in [-0.4, -0.2) is 13.1 Å². The molecule has 0 amide bonds. The predicted molar refractivity (Wildman–Crippen MR) is 70.9 cm³/mol. The molecule has 96 valence electrons. The third-order valence-corrected chi connectivity index (χ3v) is 3.98. The van der Waals surface area contributed by atoms with Crippen molar-refractivity contribution < 1.29 is 4.39 Å². The topological polar surface area (TPSA) is 27.0 Å². The summed E-state index contributed by atoms with van der Waals surface area (Å²) in [5, 5.41) is 8.89. The summed E-state index contributed by atoms with van der Waals surface area (Å²) in [4.78, 5) is 2.22. The Labute approximate surface area is 108 Å². The Kier molecular flexibility index (Phi) is 3.86. The lowest BCUT2D eigenvalue weighted by molar-refractivity contribution is 0.372. The largest absolute Gasteiger partial charge is 0.372 e. The zero-order valence-electron chi connectivity index (χ0n) is 11.0. The molecule has 0 aromatic heterocycles. The van der Waals surface area contributed by atoms with Crippen molar-refractivity contribution in [1.29, 1.82) is 5.26 Å². The Morgan fingerprint density at radius 3 is 2.50 bits per heavy atom. The first-order valence-electron chi connectivity index (χ1n) is 6.50. The van der Waals surface area contributed by atoms with Crippen molar-refractivity contribution in [2.24, 2.45) is 5.92 Å². The molecule has 0 heterocycles. The summed E-state index contributed by atoms with van der Waals surface area (Å²) < 4.78 is 13.2. The van der Waals surface area contributed by atoms with E-state index >= 15 is 0 Å². The van der Waals surface area contributed by atoms with Gasteiger partial charge in [0, 0.05) is 24.7 Å². The summed E-state index contributed by atoms with van der Waals surface area (Å²) in [7, 11) is 2.06. The van der Waals surface area contributed by atoms with Crippen LogP contribution in [0.5, 0.6) is 0 Å². The van der Waals surface area contributed by atoms with Gasteiger partial charge in [0.2, 0.25) is 0 Å². The zero-order chi connectivity index (χ0) is 13.1. The van der Waals surface area contributed by atoms with Gasteiger partial charge in [-0.3, -0.25) is 0 Å². The smallest absolute Gasteiger partial charge is 0.126 e. The first-order chi connectivity index (χ1) is 8.61. The van der Waals surface area contributed by atoms with Crippen LogP contribution < -0.4 is 4.90 Å². The minimum absolute atomic E-state index is 0.152. The lowest BCUT2D eigenvalue weighted by Gasteiger charge is -2.34. The van der Waals surface area contributed by atoms with E-state index in [1.165, 1.54) is 6.07 Å². The van der Waals surface area contributed by atoms with Gasteiger partial charge in [-0.1, -0.05) is 0 Å². The molecule has 18 heavy (non-hydrogen) atoms. The molecular weight excluding hydrogens is 227 g/mol. The molecule has 1 aromatic carbocycles. The second-order valence-electron chi connectivity index (χ2n) is 5.18. The minimum Gasteiger partial charge on any atom is -0.372 e. The van der Waals surface area contributed by atoms with Gasteiger partial charge in [-0.15, -0.1) is 0 Å². The number of anilines is 1. The number of aryl methyl sites for hydroxylation is 1. The van der Waals surface area contributed by atoms with Crippen LogP contribution >= 0.6 is 0 Å². The molecule has 3 heteroatoms. The van der Waals surface area contributed by atoms with E-state index in [1.807, 2.05) is 12.1 Å². The summed E-state index contributed by atoms with van der Waals surface area (Å²) in [5.74, 6) is 0.0740. The monoisotopic (exact) mass is 246 g/mol. The first-order valence-corrected chi connectivity index (χ1v) is 6.50. The van der Waals surface area contributed by atoms with Crippen LogP contribution in [0, 0.1) is 30.0 Å². The number of rotatable bonds is 2. The molecule has 1 saturated carbocycles. The van der Waals surface area contributed by atoms with E-state index in [2.05, 4.69) is 18.0 Å². The quantitative estimate of drug-likeness (QED) is 0.796. The molecule has 0 atom stereocenters. The summed E-state index contributed by atoms with van der Waals surface area (Å²) in [6, 6.07) is 8.08. The van der Waals surface area contributed by atoms with Crippen LogP contribution in [-0.2, 0) is 0 Å². The van der Waals surface area contributed by atoms with Crippen molar-refractivity contribution >= 4 is 5.69 Å². The fourth-order valence-corrected chi connectivity index (χ4v) is 2.65. The molecule has 0 spiro atoms. The van der Waals surface area contributed by atoms with Crippen molar-refractivity contribution in [2.45, 2.75) is 38.6 Å². The number of hydrogen-bond donors (Lipinski definition) is 0. The summed E-state index contributed by atoms with van der Waals surface area (Å²) in [5.41, 5.74) is 1.75. The van der Waals surface area contributed by atoms with Crippen LogP contribution in [0.25, 0.3) is 0 Å². The molecule has 1 aliphatic rings. The summed E-state index contributed by atoms with van der Waals surface area (Å²) in [6.07, 6.45) is 4.05. The number of nitrogens with zero attached hydrogens (tertiary/aromatic N) is 2. The van der Waals surface area contributed by atoms with E-state index in [4.69, 9.17) is 5.26 Å². The van der Waals surface area contributed by atoms with Gasteiger partial charge in [0.25, 0.3) is 0 Å². The van der Waals surface area contributed by atoms with Gasteiger partial charge in [0.15, 0.2) is 0 Å². The van der Waals surface area contributed by atoms with Crippen LogP contribution in [0.4, 0.5) is 10.1 Å². The standard InChI is InChI=1S/C15H19FN2/c1-11-9-14(7-8-15(11)16)18(2)13-5-3-12(10-17)4-6-13/h7-9,12-13H,3-6H2,1-2H3. The van der Waals surface area contributed by atoms with Gasteiger partial charge < -0.3 is 4.90 Å². The molecule has 2 rings (SSSR count). The number of hydrogen-bond acceptors (Lipinski definition) is 2. The molecular formula is C15H19FN2. The Hall–Kier alpha value is -1.56. The highest BCUT2D eigenvalue weighted by atomic mass is 19.1. The van der Waals surface area contributed by atoms with Gasteiger partial charge in [0.1, 0.15) is 5.82 Å². The Morgan fingerprint density at radius 2 is 1.94 bits per heavy atom. The van der Waals surface area contributed by atoms with Crippen LogP contribution in [0.1, 0.15) is 31.2 Å². The molecule has 0 saturated heterocycles.